The van der Waals surface area contributed by atoms with Crippen molar-refractivity contribution in [1.82, 2.24) is 9.13 Å². The molecule has 4 aromatic rings. The SMILES string of the molecule is O=c1n(Cc2c(F)cccc2Cl)c2cc([N+](=O)[O-])c([N+](=O)[O-])cc2n1Cc1c(F)cccc1Cl. The molecule has 9 nitrogen and oxygen atoms in total. The lowest BCUT2D eigenvalue weighted by Gasteiger charge is -2.08. The van der Waals surface area contributed by atoms with Gasteiger partial charge in [0.1, 0.15) is 11.6 Å². The van der Waals surface area contributed by atoms with E-state index in [-0.39, 0.29) is 32.2 Å². The number of benzene rings is 3. The molecule has 0 amide bonds. The fourth-order valence-electron chi connectivity index (χ4n) is 3.62. The van der Waals surface area contributed by atoms with E-state index >= 15 is 0 Å². The molecule has 0 saturated carbocycles. The third-order valence-corrected chi connectivity index (χ3v) is 5.97. The maximum absolute atomic E-state index is 14.4. The quantitative estimate of drug-likeness (QED) is 0.259. The average molecular weight is 509 g/mol. The van der Waals surface area contributed by atoms with Crippen LogP contribution >= 0.6 is 23.2 Å². The fraction of sp³-hybridized carbons (Fsp3) is 0.0952. The van der Waals surface area contributed by atoms with Crippen LogP contribution in [0.2, 0.25) is 10.0 Å². The number of aromatic nitrogens is 2. The van der Waals surface area contributed by atoms with Gasteiger partial charge < -0.3 is 0 Å². The number of nitrogens with zero attached hydrogens (tertiary/aromatic N) is 4. The van der Waals surface area contributed by atoms with Crippen molar-refractivity contribution in [2.75, 3.05) is 0 Å². The Morgan fingerprint density at radius 2 is 1.15 bits per heavy atom. The molecule has 0 atom stereocenters. The lowest BCUT2D eigenvalue weighted by molar-refractivity contribution is -0.422. The number of nitro benzene ring substituents is 2. The van der Waals surface area contributed by atoms with Crippen LogP contribution in [0.3, 0.4) is 0 Å². The summed E-state index contributed by atoms with van der Waals surface area (Å²) in [5, 5.41) is 23.0. The second-order valence-corrected chi connectivity index (χ2v) is 8.01. The number of nitro groups is 2. The summed E-state index contributed by atoms with van der Waals surface area (Å²) in [6.45, 7) is -0.873. The molecule has 3 aromatic carbocycles. The minimum Gasteiger partial charge on any atom is -0.287 e. The first-order chi connectivity index (χ1) is 16.1. The Labute approximate surface area is 198 Å². The summed E-state index contributed by atoms with van der Waals surface area (Å²) in [7, 11) is 0. The van der Waals surface area contributed by atoms with Gasteiger partial charge in [-0.1, -0.05) is 35.3 Å². The third kappa shape index (κ3) is 3.99. The Bertz CT molecular complexity index is 1400. The normalized spacial score (nSPS) is 11.2. The van der Waals surface area contributed by atoms with Gasteiger partial charge in [0.2, 0.25) is 0 Å². The van der Waals surface area contributed by atoms with Crippen molar-refractivity contribution >= 4 is 45.6 Å². The molecular weight excluding hydrogens is 497 g/mol. The molecule has 0 spiro atoms. The van der Waals surface area contributed by atoms with E-state index in [1.54, 1.807) is 0 Å². The van der Waals surface area contributed by atoms with Crippen molar-refractivity contribution in [1.29, 1.82) is 0 Å². The molecule has 0 aliphatic heterocycles. The van der Waals surface area contributed by atoms with Gasteiger partial charge in [-0.3, -0.25) is 29.4 Å². The van der Waals surface area contributed by atoms with Gasteiger partial charge in [0.15, 0.2) is 0 Å². The maximum Gasteiger partial charge on any atom is 0.348 e. The maximum atomic E-state index is 14.4. The highest BCUT2D eigenvalue weighted by Gasteiger charge is 2.29. The van der Waals surface area contributed by atoms with Crippen molar-refractivity contribution < 1.29 is 18.6 Å². The summed E-state index contributed by atoms with van der Waals surface area (Å²) >= 11 is 12.2. The Kier molecular flexibility index (Phi) is 6.07. The molecule has 0 bridgehead atoms. The standard InChI is InChI=1S/C21H12Cl2F2N4O5/c22-13-3-1-5-15(24)11(13)9-26-17-7-19(28(31)32)20(29(33)34)8-18(17)27(21(26)30)10-12-14(23)4-2-6-16(12)25/h1-8H,9-10H2. The largest absolute Gasteiger partial charge is 0.348 e. The second-order valence-electron chi connectivity index (χ2n) is 7.20. The van der Waals surface area contributed by atoms with Crippen LogP contribution in [-0.4, -0.2) is 19.0 Å². The Balaban J connectivity index is 2.04. The minimum atomic E-state index is -0.965. The van der Waals surface area contributed by atoms with Gasteiger partial charge in [-0.25, -0.2) is 13.6 Å². The first-order valence-corrected chi connectivity index (χ1v) is 10.3. The highest BCUT2D eigenvalue weighted by molar-refractivity contribution is 6.31. The second kappa shape index (κ2) is 8.84. The van der Waals surface area contributed by atoms with E-state index in [9.17, 15) is 33.8 Å². The number of halogens is 4. The Hall–Kier alpha value is -3.83. The van der Waals surface area contributed by atoms with Gasteiger partial charge in [0, 0.05) is 33.3 Å². The molecule has 13 heteroatoms. The van der Waals surface area contributed by atoms with Gasteiger partial charge in [-0.2, -0.15) is 0 Å². The summed E-state index contributed by atoms with van der Waals surface area (Å²) in [5.41, 5.74) is -2.92. The van der Waals surface area contributed by atoms with Crippen LogP contribution in [0.4, 0.5) is 20.2 Å². The van der Waals surface area contributed by atoms with Crippen molar-refractivity contribution in [3.05, 3.63) is 112 Å². The summed E-state index contributed by atoms with van der Waals surface area (Å²) < 4.78 is 30.8. The number of hydrogen-bond acceptors (Lipinski definition) is 5. The van der Waals surface area contributed by atoms with E-state index in [2.05, 4.69) is 0 Å². The van der Waals surface area contributed by atoms with Gasteiger partial charge >= 0.3 is 17.1 Å². The minimum absolute atomic E-state index is 0.00126. The first-order valence-electron chi connectivity index (χ1n) is 9.51. The van der Waals surface area contributed by atoms with Crippen molar-refractivity contribution in [2.24, 2.45) is 0 Å². The topological polar surface area (TPSA) is 113 Å². The molecule has 174 valence electrons. The van der Waals surface area contributed by atoms with Crippen LogP contribution in [0.5, 0.6) is 0 Å². The van der Waals surface area contributed by atoms with E-state index < -0.39 is 51.6 Å². The van der Waals surface area contributed by atoms with Crippen LogP contribution in [-0.2, 0) is 13.1 Å². The van der Waals surface area contributed by atoms with Gasteiger partial charge in [-0.15, -0.1) is 0 Å². The van der Waals surface area contributed by atoms with E-state index in [4.69, 9.17) is 23.2 Å². The lowest BCUT2D eigenvalue weighted by Crippen LogP contribution is -2.26. The van der Waals surface area contributed by atoms with Crippen LogP contribution in [0.1, 0.15) is 11.1 Å². The molecule has 0 aliphatic carbocycles. The van der Waals surface area contributed by atoms with Crippen LogP contribution in [0, 0.1) is 31.9 Å². The van der Waals surface area contributed by atoms with Crippen molar-refractivity contribution in [3.8, 4) is 0 Å². The molecule has 0 radical (unpaired) electrons. The fourth-order valence-corrected chi connectivity index (χ4v) is 4.07. The van der Waals surface area contributed by atoms with Crippen molar-refractivity contribution in [3.63, 3.8) is 0 Å². The van der Waals surface area contributed by atoms with Gasteiger partial charge in [0.25, 0.3) is 0 Å². The summed E-state index contributed by atoms with van der Waals surface area (Å²) in [5.74, 6) is -1.46. The third-order valence-electron chi connectivity index (χ3n) is 5.26. The monoisotopic (exact) mass is 508 g/mol. The molecular formula is C21H12Cl2F2N4O5. The average Bonchev–Trinajstić information content (AvgIpc) is 3.02. The van der Waals surface area contributed by atoms with Crippen LogP contribution < -0.4 is 5.69 Å². The molecule has 0 aliphatic rings. The smallest absolute Gasteiger partial charge is 0.287 e. The molecule has 34 heavy (non-hydrogen) atoms. The molecule has 0 unspecified atom stereocenters. The van der Waals surface area contributed by atoms with Gasteiger partial charge in [-0.05, 0) is 24.3 Å². The predicted octanol–water partition coefficient (Wildman–Crippen LogP) is 5.30. The Morgan fingerprint density at radius 1 is 0.765 bits per heavy atom. The highest BCUT2D eigenvalue weighted by Crippen LogP contribution is 2.33. The van der Waals surface area contributed by atoms with Crippen LogP contribution in [0.15, 0.2) is 53.3 Å². The molecule has 1 aromatic heterocycles. The summed E-state index contributed by atoms with van der Waals surface area (Å²) in [6.07, 6.45) is 0. The first kappa shape index (κ1) is 23.3. The summed E-state index contributed by atoms with van der Waals surface area (Å²) in [4.78, 5) is 34.4. The Morgan fingerprint density at radius 3 is 1.47 bits per heavy atom. The van der Waals surface area contributed by atoms with Crippen LogP contribution in [0.25, 0.3) is 11.0 Å². The van der Waals surface area contributed by atoms with Gasteiger partial charge in [0.05, 0.1) is 34.0 Å². The zero-order chi connectivity index (χ0) is 24.7. The number of rotatable bonds is 6. The van der Waals surface area contributed by atoms with E-state index in [1.165, 1.54) is 24.3 Å². The number of hydrogen-bond donors (Lipinski definition) is 0. The zero-order valence-corrected chi connectivity index (χ0v) is 18.4. The molecule has 1 heterocycles. The highest BCUT2D eigenvalue weighted by atomic mass is 35.5. The zero-order valence-electron chi connectivity index (χ0n) is 16.9. The lowest BCUT2D eigenvalue weighted by atomic mass is 10.2. The number of imidazole rings is 1. The van der Waals surface area contributed by atoms with E-state index in [0.717, 1.165) is 33.4 Å². The van der Waals surface area contributed by atoms with Crippen molar-refractivity contribution in [2.45, 2.75) is 13.1 Å². The summed E-state index contributed by atoms with van der Waals surface area (Å²) in [6, 6.07) is 9.47. The number of fused-ring (bicyclic) bond motifs is 1. The molecule has 0 saturated heterocycles. The van der Waals surface area contributed by atoms with E-state index in [0.29, 0.717) is 0 Å². The molecule has 0 N–H and O–H groups in total. The predicted molar refractivity (Wildman–Crippen MR) is 121 cm³/mol. The molecule has 4 rings (SSSR count). The van der Waals surface area contributed by atoms with E-state index in [1.807, 2.05) is 0 Å². The molecule has 0 fully saturated rings.